The fourth-order valence-corrected chi connectivity index (χ4v) is 6.69. The summed E-state index contributed by atoms with van der Waals surface area (Å²) in [7, 11) is 3.29. The largest absolute Gasteiger partial charge is 0.496 e. The number of benzene rings is 1. The standard InChI is InChI=1S/C33H49N5O4/c1-41-29-17-10-18-30(42-2)32(29)28-23-27(36-38(28)26-15-5-6-16-26)33(40)35-25(22-31(39)34-24-12-9-13-24)14-11-21-37-19-7-3-4-8-20-37/h10,17-18,23-26H,3-9,11-16,19-22H2,1-2H3,(H,34,39)(H,35,40)/t25-/m0/s1. The van der Waals surface area contributed by atoms with Gasteiger partial charge in [0.15, 0.2) is 5.69 Å². The summed E-state index contributed by atoms with van der Waals surface area (Å²) in [5.41, 5.74) is 1.98. The molecular weight excluding hydrogens is 530 g/mol. The Morgan fingerprint density at radius 2 is 1.64 bits per heavy atom. The SMILES string of the molecule is COc1cccc(OC)c1-c1cc(C(=O)N[C@@H](CCCN2CCCCCC2)CC(=O)NC2CCC2)nn1C1CCCC1. The van der Waals surface area contributed by atoms with E-state index in [1.54, 1.807) is 14.2 Å². The molecule has 9 nitrogen and oxygen atoms in total. The average Bonchev–Trinajstić information content (AvgIpc) is 3.59. The molecule has 2 aliphatic carbocycles. The number of aromatic nitrogens is 2. The highest BCUT2D eigenvalue weighted by atomic mass is 16.5. The fraction of sp³-hybridized carbons (Fsp3) is 0.667. The van der Waals surface area contributed by atoms with Crippen molar-refractivity contribution in [2.75, 3.05) is 33.9 Å². The highest BCUT2D eigenvalue weighted by Crippen LogP contribution is 2.41. The number of hydrogen-bond donors (Lipinski definition) is 2. The topological polar surface area (TPSA) is 97.7 Å². The predicted molar refractivity (Wildman–Crippen MR) is 164 cm³/mol. The van der Waals surface area contributed by atoms with Crippen LogP contribution in [0.4, 0.5) is 0 Å². The number of methoxy groups -OCH3 is 2. The minimum absolute atomic E-state index is 0.0238. The van der Waals surface area contributed by atoms with Crippen LogP contribution in [0, 0.1) is 0 Å². The van der Waals surface area contributed by atoms with Crippen molar-refractivity contribution in [2.24, 2.45) is 0 Å². The van der Waals surface area contributed by atoms with E-state index in [-0.39, 0.29) is 29.9 Å². The van der Waals surface area contributed by atoms with Gasteiger partial charge in [0.25, 0.3) is 5.91 Å². The number of nitrogens with one attached hydrogen (secondary N) is 2. The van der Waals surface area contributed by atoms with E-state index in [1.807, 2.05) is 28.9 Å². The van der Waals surface area contributed by atoms with Crippen LogP contribution in [0.2, 0.25) is 0 Å². The Bertz CT molecular complexity index is 1160. The third-order valence-electron chi connectivity index (χ3n) is 9.29. The summed E-state index contributed by atoms with van der Waals surface area (Å²) >= 11 is 0. The van der Waals surface area contributed by atoms with Gasteiger partial charge in [-0.1, -0.05) is 31.7 Å². The van der Waals surface area contributed by atoms with Crippen molar-refractivity contribution in [1.29, 1.82) is 0 Å². The van der Waals surface area contributed by atoms with Crippen molar-refractivity contribution >= 4 is 11.8 Å². The molecule has 1 aliphatic heterocycles. The van der Waals surface area contributed by atoms with E-state index in [2.05, 4.69) is 15.5 Å². The summed E-state index contributed by atoms with van der Waals surface area (Å²) < 4.78 is 13.4. The molecule has 230 valence electrons. The van der Waals surface area contributed by atoms with Crippen LogP contribution < -0.4 is 20.1 Å². The Balaban J connectivity index is 1.34. The van der Waals surface area contributed by atoms with E-state index in [4.69, 9.17) is 14.6 Å². The normalized spacial score (nSPS) is 19.1. The number of hydrogen-bond acceptors (Lipinski definition) is 6. The second-order valence-electron chi connectivity index (χ2n) is 12.3. The van der Waals surface area contributed by atoms with Crippen molar-refractivity contribution in [3.8, 4) is 22.8 Å². The Morgan fingerprint density at radius 3 is 2.26 bits per heavy atom. The molecule has 1 saturated heterocycles. The molecule has 0 unspecified atom stereocenters. The first kappa shape index (κ1) is 30.4. The van der Waals surface area contributed by atoms with Crippen LogP contribution in [-0.2, 0) is 4.79 Å². The van der Waals surface area contributed by atoms with Gasteiger partial charge in [0, 0.05) is 18.5 Å². The van der Waals surface area contributed by atoms with E-state index in [0.717, 1.165) is 82.3 Å². The number of carbonyl (C=O) groups is 2. The Labute approximate surface area is 250 Å². The Kier molecular flexibility index (Phi) is 10.8. The van der Waals surface area contributed by atoms with E-state index >= 15 is 0 Å². The molecule has 0 spiro atoms. The molecule has 0 bridgehead atoms. The second kappa shape index (κ2) is 14.9. The molecule has 5 rings (SSSR count). The van der Waals surface area contributed by atoms with Crippen molar-refractivity contribution < 1.29 is 19.1 Å². The quantitative estimate of drug-likeness (QED) is 0.326. The second-order valence-corrected chi connectivity index (χ2v) is 12.3. The summed E-state index contributed by atoms with van der Waals surface area (Å²) in [4.78, 5) is 29.2. The van der Waals surface area contributed by atoms with Gasteiger partial charge in [-0.2, -0.15) is 5.10 Å². The highest BCUT2D eigenvalue weighted by molar-refractivity contribution is 5.94. The van der Waals surface area contributed by atoms with Gasteiger partial charge in [0.05, 0.1) is 31.5 Å². The number of carbonyl (C=O) groups excluding carboxylic acids is 2. The van der Waals surface area contributed by atoms with E-state index in [9.17, 15) is 9.59 Å². The maximum Gasteiger partial charge on any atom is 0.272 e. The van der Waals surface area contributed by atoms with Crippen LogP contribution in [0.1, 0.15) is 106 Å². The van der Waals surface area contributed by atoms with E-state index in [0.29, 0.717) is 23.6 Å². The van der Waals surface area contributed by atoms with Gasteiger partial charge in [-0.3, -0.25) is 14.3 Å². The summed E-state index contributed by atoms with van der Waals surface area (Å²) in [5.74, 6) is 1.15. The van der Waals surface area contributed by atoms with Crippen molar-refractivity contribution in [2.45, 2.75) is 108 Å². The molecule has 3 aliphatic rings. The van der Waals surface area contributed by atoms with E-state index in [1.165, 1.54) is 32.1 Å². The number of likely N-dealkylation sites (tertiary alicyclic amines) is 1. The zero-order valence-electron chi connectivity index (χ0n) is 25.5. The zero-order valence-corrected chi connectivity index (χ0v) is 25.5. The maximum absolute atomic E-state index is 13.8. The maximum atomic E-state index is 13.8. The molecule has 2 heterocycles. The Hall–Kier alpha value is -3.07. The lowest BCUT2D eigenvalue weighted by molar-refractivity contribution is -0.122. The lowest BCUT2D eigenvalue weighted by atomic mass is 9.93. The van der Waals surface area contributed by atoms with Gasteiger partial charge in [-0.05, 0) is 95.6 Å². The molecule has 42 heavy (non-hydrogen) atoms. The third-order valence-corrected chi connectivity index (χ3v) is 9.29. The van der Waals surface area contributed by atoms with Crippen LogP contribution in [0.3, 0.4) is 0 Å². The molecule has 2 aromatic rings. The first-order valence-electron chi connectivity index (χ1n) is 16.2. The molecular formula is C33H49N5O4. The van der Waals surface area contributed by atoms with Gasteiger partial charge < -0.3 is 25.0 Å². The summed E-state index contributed by atoms with van der Waals surface area (Å²) in [5, 5.41) is 11.2. The summed E-state index contributed by atoms with van der Waals surface area (Å²) in [6.45, 7) is 3.30. The minimum Gasteiger partial charge on any atom is -0.496 e. The molecule has 3 fully saturated rings. The zero-order chi connectivity index (χ0) is 29.3. The molecule has 0 radical (unpaired) electrons. The van der Waals surface area contributed by atoms with Crippen LogP contribution in [-0.4, -0.2) is 72.4 Å². The molecule has 9 heteroatoms. The molecule has 1 aromatic carbocycles. The Morgan fingerprint density at radius 1 is 0.952 bits per heavy atom. The lowest BCUT2D eigenvalue weighted by Gasteiger charge is -2.28. The smallest absolute Gasteiger partial charge is 0.272 e. The molecule has 2 N–H and O–H groups in total. The highest BCUT2D eigenvalue weighted by Gasteiger charge is 2.29. The summed E-state index contributed by atoms with van der Waals surface area (Å²) in [6, 6.07) is 7.83. The van der Waals surface area contributed by atoms with Gasteiger partial charge in [-0.15, -0.1) is 0 Å². The number of ether oxygens (including phenoxy) is 2. The first-order valence-corrected chi connectivity index (χ1v) is 16.2. The van der Waals surface area contributed by atoms with Crippen LogP contribution in [0.15, 0.2) is 24.3 Å². The molecule has 2 amide bonds. The van der Waals surface area contributed by atoms with Crippen molar-refractivity contribution in [3.05, 3.63) is 30.0 Å². The van der Waals surface area contributed by atoms with Gasteiger partial charge in [0.1, 0.15) is 11.5 Å². The number of nitrogens with zero attached hydrogens (tertiary/aromatic N) is 3. The molecule has 1 atom stereocenters. The fourth-order valence-electron chi connectivity index (χ4n) is 6.69. The monoisotopic (exact) mass is 579 g/mol. The van der Waals surface area contributed by atoms with Crippen LogP contribution in [0.5, 0.6) is 11.5 Å². The first-order chi connectivity index (χ1) is 20.6. The third kappa shape index (κ3) is 7.65. The van der Waals surface area contributed by atoms with Gasteiger partial charge in [0.2, 0.25) is 5.91 Å². The molecule has 1 aromatic heterocycles. The van der Waals surface area contributed by atoms with Gasteiger partial charge >= 0.3 is 0 Å². The predicted octanol–water partition coefficient (Wildman–Crippen LogP) is 5.50. The van der Waals surface area contributed by atoms with E-state index < -0.39 is 0 Å². The minimum atomic E-state index is -0.245. The number of rotatable bonds is 13. The van der Waals surface area contributed by atoms with Crippen LogP contribution >= 0.6 is 0 Å². The molecule has 2 saturated carbocycles. The average molecular weight is 580 g/mol. The van der Waals surface area contributed by atoms with Crippen LogP contribution in [0.25, 0.3) is 11.3 Å². The lowest BCUT2D eigenvalue weighted by Crippen LogP contribution is -2.44. The van der Waals surface area contributed by atoms with Gasteiger partial charge in [-0.25, -0.2) is 0 Å². The summed E-state index contributed by atoms with van der Waals surface area (Å²) in [6.07, 6.45) is 14.7. The van der Waals surface area contributed by atoms with Crippen molar-refractivity contribution in [1.82, 2.24) is 25.3 Å². The number of amides is 2. The van der Waals surface area contributed by atoms with Crippen molar-refractivity contribution in [3.63, 3.8) is 0 Å².